The maximum atomic E-state index is 7.82. The van der Waals surface area contributed by atoms with Crippen LogP contribution in [0.1, 0.15) is 17.5 Å². The number of nitrogens with two attached hydrogens (primary N) is 1. The molecule has 21 heavy (non-hydrogen) atoms. The number of amidine groups is 1. The maximum absolute atomic E-state index is 7.82. The molecular weight excluding hydrogens is 262 g/mol. The first-order valence-electron chi connectivity index (χ1n) is 7.08. The normalized spacial score (nSPS) is 13.7. The van der Waals surface area contributed by atoms with Gasteiger partial charge < -0.3 is 15.4 Å². The van der Waals surface area contributed by atoms with Crippen LogP contribution in [-0.4, -0.2) is 19.5 Å². The summed E-state index contributed by atoms with van der Waals surface area (Å²) < 4.78 is 5.33. The SMILES string of the molecule is COc1ccc(C(=N)N)c(N2CCCc3ccccc32)c1. The second-order valence-electron chi connectivity index (χ2n) is 5.18. The number of methoxy groups -OCH3 is 1. The van der Waals surface area contributed by atoms with Gasteiger partial charge in [-0.25, -0.2) is 0 Å². The topological polar surface area (TPSA) is 62.3 Å². The molecule has 0 aromatic heterocycles. The molecule has 1 heterocycles. The van der Waals surface area contributed by atoms with Gasteiger partial charge in [-0.3, -0.25) is 5.41 Å². The predicted molar refractivity (Wildman–Crippen MR) is 85.8 cm³/mol. The molecule has 0 atom stereocenters. The minimum Gasteiger partial charge on any atom is -0.497 e. The lowest BCUT2D eigenvalue weighted by molar-refractivity contribution is 0.415. The van der Waals surface area contributed by atoms with E-state index in [2.05, 4.69) is 23.1 Å². The highest BCUT2D eigenvalue weighted by Gasteiger charge is 2.21. The van der Waals surface area contributed by atoms with E-state index in [-0.39, 0.29) is 5.84 Å². The largest absolute Gasteiger partial charge is 0.497 e. The van der Waals surface area contributed by atoms with E-state index < -0.39 is 0 Å². The molecule has 0 saturated carbocycles. The predicted octanol–water partition coefficient (Wildman–Crippen LogP) is 3.06. The number of hydrogen-bond donors (Lipinski definition) is 2. The third-order valence-electron chi connectivity index (χ3n) is 3.90. The number of nitrogens with one attached hydrogen (secondary N) is 1. The summed E-state index contributed by atoms with van der Waals surface area (Å²) in [5, 5.41) is 7.82. The third kappa shape index (κ3) is 2.44. The van der Waals surface area contributed by atoms with Crippen LogP contribution in [0.2, 0.25) is 0 Å². The fourth-order valence-corrected chi connectivity index (χ4v) is 2.87. The van der Waals surface area contributed by atoms with Crippen LogP contribution in [0, 0.1) is 5.41 Å². The Kier molecular flexibility index (Phi) is 3.52. The first kappa shape index (κ1) is 13.5. The molecule has 4 nitrogen and oxygen atoms in total. The molecule has 3 N–H and O–H groups in total. The second-order valence-corrected chi connectivity index (χ2v) is 5.18. The molecule has 0 fully saturated rings. The Morgan fingerprint density at radius 1 is 1.19 bits per heavy atom. The summed E-state index contributed by atoms with van der Waals surface area (Å²) in [4.78, 5) is 2.23. The molecule has 2 aromatic rings. The Morgan fingerprint density at radius 3 is 2.76 bits per heavy atom. The van der Waals surface area contributed by atoms with Gasteiger partial charge in [0.25, 0.3) is 0 Å². The zero-order valence-electron chi connectivity index (χ0n) is 12.1. The van der Waals surface area contributed by atoms with E-state index in [1.165, 1.54) is 11.3 Å². The molecule has 2 aromatic carbocycles. The number of para-hydroxylation sites is 1. The molecule has 0 aliphatic carbocycles. The van der Waals surface area contributed by atoms with Gasteiger partial charge in [0.1, 0.15) is 11.6 Å². The third-order valence-corrected chi connectivity index (χ3v) is 3.90. The minimum atomic E-state index is 0.0794. The molecule has 1 aliphatic heterocycles. The maximum Gasteiger partial charge on any atom is 0.124 e. The van der Waals surface area contributed by atoms with Crippen molar-refractivity contribution in [1.29, 1.82) is 5.41 Å². The van der Waals surface area contributed by atoms with Crippen LogP contribution in [0.5, 0.6) is 5.75 Å². The number of rotatable bonds is 3. The fraction of sp³-hybridized carbons (Fsp3) is 0.235. The number of aryl methyl sites for hydroxylation is 1. The van der Waals surface area contributed by atoms with Crippen LogP contribution in [0.15, 0.2) is 42.5 Å². The number of hydrogen-bond acceptors (Lipinski definition) is 3. The molecule has 4 heteroatoms. The van der Waals surface area contributed by atoms with Gasteiger partial charge in [-0.15, -0.1) is 0 Å². The van der Waals surface area contributed by atoms with Crippen molar-refractivity contribution < 1.29 is 4.74 Å². The van der Waals surface area contributed by atoms with Crippen molar-refractivity contribution in [3.63, 3.8) is 0 Å². The molecule has 108 valence electrons. The van der Waals surface area contributed by atoms with Gasteiger partial charge in [0.2, 0.25) is 0 Å². The van der Waals surface area contributed by atoms with Crippen molar-refractivity contribution in [2.45, 2.75) is 12.8 Å². The van der Waals surface area contributed by atoms with E-state index in [0.717, 1.165) is 36.4 Å². The Morgan fingerprint density at radius 2 is 2.00 bits per heavy atom. The molecule has 1 aliphatic rings. The standard InChI is InChI=1S/C17H19N3O/c1-21-13-8-9-14(17(18)19)16(11-13)20-10-4-6-12-5-2-3-7-15(12)20/h2-3,5,7-9,11H,4,6,10H2,1H3,(H3,18,19). The lowest BCUT2D eigenvalue weighted by Crippen LogP contribution is -2.27. The summed E-state index contributed by atoms with van der Waals surface area (Å²) >= 11 is 0. The Labute approximate surface area is 124 Å². The lowest BCUT2D eigenvalue weighted by atomic mass is 9.99. The highest BCUT2D eigenvalue weighted by molar-refractivity contribution is 6.01. The monoisotopic (exact) mass is 281 g/mol. The number of anilines is 2. The molecule has 3 rings (SSSR count). The van der Waals surface area contributed by atoms with Crippen molar-refractivity contribution in [3.8, 4) is 5.75 Å². The average Bonchev–Trinajstić information content (AvgIpc) is 2.53. The minimum absolute atomic E-state index is 0.0794. The van der Waals surface area contributed by atoms with E-state index in [4.69, 9.17) is 15.9 Å². The quantitative estimate of drug-likeness (QED) is 0.671. The summed E-state index contributed by atoms with van der Waals surface area (Å²) in [6.07, 6.45) is 2.18. The molecular formula is C17H19N3O. The van der Waals surface area contributed by atoms with Gasteiger partial charge in [-0.05, 0) is 36.6 Å². The number of ether oxygens (including phenoxy) is 1. The summed E-state index contributed by atoms with van der Waals surface area (Å²) in [6.45, 7) is 0.921. The van der Waals surface area contributed by atoms with Gasteiger partial charge >= 0.3 is 0 Å². The van der Waals surface area contributed by atoms with Crippen molar-refractivity contribution in [2.24, 2.45) is 5.73 Å². The summed E-state index contributed by atoms with van der Waals surface area (Å²) in [7, 11) is 1.65. The molecule has 0 radical (unpaired) electrons. The summed E-state index contributed by atoms with van der Waals surface area (Å²) in [5.74, 6) is 0.855. The summed E-state index contributed by atoms with van der Waals surface area (Å²) in [6, 6.07) is 14.1. The smallest absolute Gasteiger partial charge is 0.124 e. The highest BCUT2D eigenvalue weighted by Crippen LogP contribution is 2.36. The fourth-order valence-electron chi connectivity index (χ4n) is 2.87. The molecule has 0 unspecified atom stereocenters. The van der Waals surface area contributed by atoms with E-state index in [1.807, 2.05) is 24.3 Å². The lowest BCUT2D eigenvalue weighted by Gasteiger charge is -2.32. The summed E-state index contributed by atoms with van der Waals surface area (Å²) in [5.41, 5.74) is 9.96. The highest BCUT2D eigenvalue weighted by atomic mass is 16.5. The first-order valence-corrected chi connectivity index (χ1v) is 7.08. The average molecular weight is 281 g/mol. The number of nitrogen functional groups attached to an aromatic ring is 1. The van der Waals surface area contributed by atoms with Gasteiger partial charge in [0.15, 0.2) is 0 Å². The van der Waals surface area contributed by atoms with E-state index in [1.54, 1.807) is 7.11 Å². The second kappa shape index (κ2) is 5.48. The van der Waals surface area contributed by atoms with Gasteiger partial charge in [-0.1, -0.05) is 18.2 Å². The van der Waals surface area contributed by atoms with Crippen LogP contribution < -0.4 is 15.4 Å². The van der Waals surface area contributed by atoms with Crippen molar-refractivity contribution >= 4 is 17.2 Å². The van der Waals surface area contributed by atoms with Gasteiger partial charge in [-0.2, -0.15) is 0 Å². The Bertz CT molecular complexity index is 681. The molecule has 0 amide bonds. The van der Waals surface area contributed by atoms with Crippen LogP contribution in [0.3, 0.4) is 0 Å². The number of nitrogens with zero attached hydrogens (tertiary/aromatic N) is 1. The van der Waals surface area contributed by atoms with E-state index in [9.17, 15) is 0 Å². The number of benzene rings is 2. The van der Waals surface area contributed by atoms with E-state index >= 15 is 0 Å². The zero-order chi connectivity index (χ0) is 14.8. The van der Waals surface area contributed by atoms with Crippen LogP contribution in [-0.2, 0) is 6.42 Å². The Hall–Kier alpha value is -2.49. The van der Waals surface area contributed by atoms with Crippen molar-refractivity contribution in [2.75, 3.05) is 18.6 Å². The van der Waals surface area contributed by atoms with Crippen LogP contribution >= 0.6 is 0 Å². The molecule has 0 bridgehead atoms. The molecule has 0 spiro atoms. The van der Waals surface area contributed by atoms with Gasteiger partial charge in [0, 0.05) is 23.9 Å². The van der Waals surface area contributed by atoms with Crippen LogP contribution in [0.25, 0.3) is 0 Å². The van der Waals surface area contributed by atoms with Crippen molar-refractivity contribution in [1.82, 2.24) is 0 Å². The van der Waals surface area contributed by atoms with Gasteiger partial charge in [0.05, 0.1) is 12.8 Å². The number of fused-ring (bicyclic) bond motifs is 1. The van der Waals surface area contributed by atoms with E-state index in [0.29, 0.717) is 0 Å². The van der Waals surface area contributed by atoms with Crippen LogP contribution in [0.4, 0.5) is 11.4 Å². The van der Waals surface area contributed by atoms with Crippen molar-refractivity contribution in [3.05, 3.63) is 53.6 Å². The molecule has 0 saturated heterocycles. The zero-order valence-corrected chi connectivity index (χ0v) is 12.1. The Balaban J connectivity index is 2.14. The first-order chi connectivity index (χ1) is 10.2.